The molecule has 0 saturated carbocycles. The van der Waals surface area contributed by atoms with Crippen molar-refractivity contribution in [1.82, 2.24) is 10.2 Å². The molecule has 0 radical (unpaired) electrons. The molecule has 4 nitrogen and oxygen atoms in total. The number of benzene rings is 1. The van der Waals surface area contributed by atoms with Crippen LogP contribution in [0.4, 0.5) is 0 Å². The van der Waals surface area contributed by atoms with Crippen LogP contribution in [0.15, 0.2) is 24.3 Å². The third-order valence-corrected chi connectivity index (χ3v) is 3.26. The summed E-state index contributed by atoms with van der Waals surface area (Å²) in [5, 5.41) is 3.13. The van der Waals surface area contributed by atoms with E-state index in [1.807, 2.05) is 19.2 Å². The van der Waals surface area contributed by atoms with Gasteiger partial charge in [0.05, 0.1) is 6.61 Å². The Kier molecular flexibility index (Phi) is 8.26. The minimum Gasteiger partial charge on any atom is -0.492 e. The van der Waals surface area contributed by atoms with Crippen LogP contribution < -0.4 is 10.1 Å². The van der Waals surface area contributed by atoms with Crippen molar-refractivity contribution in [2.45, 2.75) is 26.4 Å². The standard InChI is InChI=1S/C16H28N2O2/c1-14(2)18(9-11-19-4)10-12-20-16-7-5-15(6-8-16)13-17-3/h5-8,14,17H,9-13H2,1-4H3. The van der Waals surface area contributed by atoms with E-state index < -0.39 is 0 Å². The lowest BCUT2D eigenvalue weighted by molar-refractivity contribution is 0.116. The summed E-state index contributed by atoms with van der Waals surface area (Å²) < 4.78 is 10.9. The maximum Gasteiger partial charge on any atom is 0.119 e. The number of ether oxygens (including phenoxy) is 2. The van der Waals surface area contributed by atoms with Crippen LogP contribution >= 0.6 is 0 Å². The largest absolute Gasteiger partial charge is 0.492 e. The summed E-state index contributed by atoms with van der Waals surface area (Å²) in [6.07, 6.45) is 0. The van der Waals surface area contributed by atoms with Crippen LogP contribution in [0.3, 0.4) is 0 Å². The predicted molar refractivity (Wildman–Crippen MR) is 83.3 cm³/mol. The quantitative estimate of drug-likeness (QED) is 0.712. The predicted octanol–water partition coefficient (Wildman–Crippen LogP) is 2.14. The lowest BCUT2D eigenvalue weighted by Gasteiger charge is -2.25. The van der Waals surface area contributed by atoms with E-state index in [9.17, 15) is 0 Å². The Labute approximate surface area is 123 Å². The third-order valence-electron chi connectivity index (χ3n) is 3.26. The summed E-state index contributed by atoms with van der Waals surface area (Å²) in [7, 11) is 3.69. The minimum atomic E-state index is 0.506. The second-order valence-electron chi connectivity index (χ2n) is 5.15. The van der Waals surface area contributed by atoms with Crippen molar-refractivity contribution in [3.8, 4) is 5.75 Å². The Hall–Kier alpha value is -1.10. The van der Waals surface area contributed by atoms with E-state index in [1.165, 1.54) is 5.56 Å². The van der Waals surface area contributed by atoms with Crippen molar-refractivity contribution in [3.05, 3.63) is 29.8 Å². The summed E-state index contributed by atoms with van der Waals surface area (Å²) in [4.78, 5) is 2.36. The molecule has 0 heterocycles. The van der Waals surface area contributed by atoms with Crippen LogP contribution in [-0.2, 0) is 11.3 Å². The fourth-order valence-corrected chi connectivity index (χ4v) is 2.03. The van der Waals surface area contributed by atoms with Gasteiger partial charge in [-0.05, 0) is 38.6 Å². The third kappa shape index (κ3) is 6.37. The summed E-state index contributed by atoms with van der Waals surface area (Å²) in [5.74, 6) is 0.931. The molecule has 0 bridgehead atoms. The van der Waals surface area contributed by atoms with E-state index in [-0.39, 0.29) is 0 Å². The first-order valence-electron chi connectivity index (χ1n) is 7.26. The lowest BCUT2D eigenvalue weighted by atomic mass is 10.2. The second kappa shape index (κ2) is 9.75. The highest BCUT2D eigenvalue weighted by Crippen LogP contribution is 2.12. The maximum atomic E-state index is 5.80. The van der Waals surface area contributed by atoms with E-state index in [4.69, 9.17) is 9.47 Å². The van der Waals surface area contributed by atoms with Crippen LogP contribution in [0.25, 0.3) is 0 Å². The first-order valence-corrected chi connectivity index (χ1v) is 7.26. The first-order chi connectivity index (χ1) is 9.67. The molecular weight excluding hydrogens is 252 g/mol. The molecule has 0 saturated heterocycles. The summed E-state index contributed by atoms with van der Waals surface area (Å²) in [6.45, 7) is 8.60. The van der Waals surface area contributed by atoms with Gasteiger partial charge in [-0.2, -0.15) is 0 Å². The SMILES string of the molecule is CNCc1ccc(OCCN(CCOC)C(C)C)cc1. The molecule has 0 unspecified atom stereocenters. The van der Waals surface area contributed by atoms with Gasteiger partial charge in [0.2, 0.25) is 0 Å². The fourth-order valence-electron chi connectivity index (χ4n) is 2.03. The van der Waals surface area contributed by atoms with Gasteiger partial charge >= 0.3 is 0 Å². The van der Waals surface area contributed by atoms with Gasteiger partial charge in [0.25, 0.3) is 0 Å². The molecule has 0 spiro atoms. The van der Waals surface area contributed by atoms with Gasteiger partial charge in [-0.15, -0.1) is 0 Å². The Morgan fingerprint density at radius 1 is 1.10 bits per heavy atom. The van der Waals surface area contributed by atoms with E-state index >= 15 is 0 Å². The Balaban J connectivity index is 2.34. The van der Waals surface area contributed by atoms with Gasteiger partial charge in [0.1, 0.15) is 12.4 Å². The number of nitrogens with zero attached hydrogens (tertiary/aromatic N) is 1. The highest BCUT2D eigenvalue weighted by Gasteiger charge is 2.08. The van der Waals surface area contributed by atoms with E-state index in [0.29, 0.717) is 12.6 Å². The van der Waals surface area contributed by atoms with Gasteiger partial charge in [-0.3, -0.25) is 4.90 Å². The van der Waals surface area contributed by atoms with E-state index in [2.05, 4.69) is 36.2 Å². The number of rotatable bonds is 10. The number of nitrogens with one attached hydrogen (secondary N) is 1. The number of hydrogen-bond acceptors (Lipinski definition) is 4. The topological polar surface area (TPSA) is 33.7 Å². The summed E-state index contributed by atoms with van der Waals surface area (Å²) in [5.41, 5.74) is 1.27. The Bertz CT molecular complexity index is 352. The van der Waals surface area contributed by atoms with E-state index in [1.54, 1.807) is 7.11 Å². The monoisotopic (exact) mass is 280 g/mol. The Morgan fingerprint density at radius 3 is 2.30 bits per heavy atom. The van der Waals surface area contributed by atoms with Crippen molar-refractivity contribution >= 4 is 0 Å². The molecule has 0 atom stereocenters. The van der Waals surface area contributed by atoms with Gasteiger partial charge in [0.15, 0.2) is 0 Å². The van der Waals surface area contributed by atoms with E-state index in [0.717, 1.165) is 32.0 Å². The molecule has 0 fully saturated rings. The molecule has 0 aliphatic carbocycles. The first kappa shape index (κ1) is 17.0. The normalized spacial score (nSPS) is 11.3. The average Bonchev–Trinajstić information content (AvgIpc) is 2.44. The molecule has 1 N–H and O–H groups in total. The fraction of sp³-hybridized carbons (Fsp3) is 0.625. The van der Waals surface area contributed by atoms with Crippen molar-refractivity contribution in [1.29, 1.82) is 0 Å². The molecule has 1 aromatic rings. The molecule has 0 aromatic heterocycles. The zero-order valence-electron chi connectivity index (χ0n) is 13.2. The molecule has 20 heavy (non-hydrogen) atoms. The molecule has 1 aromatic carbocycles. The zero-order valence-corrected chi connectivity index (χ0v) is 13.2. The molecule has 1 rings (SSSR count). The van der Waals surface area contributed by atoms with Crippen LogP contribution in [0.1, 0.15) is 19.4 Å². The minimum absolute atomic E-state index is 0.506. The summed E-state index contributed by atoms with van der Waals surface area (Å²) in [6, 6.07) is 8.75. The molecular formula is C16H28N2O2. The summed E-state index contributed by atoms with van der Waals surface area (Å²) >= 11 is 0. The van der Waals surface area contributed by atoms with Gasteiger partial charge in [0, 0.05) is 32.8 Å². The van der Waals surface area contributed by atoms with Crippen LogP contribution in [-0.4, -0.2) is 51.4 Å². The second-order valence-corrected chi connectivity index (χ2v) is 5.15. The number of methoxy groups -OCH3 is 1. The zero-order chi connectivity index (χ0) is 14.8. The molecule has 0 amide bonds. The van der Waals surface area contributed by atoms with Crippen LogP contribution in [0.5, 0.6) is 5.75 Å². The van der Waals surface area contributed by atoms with Crippen molar-refractivity contribution in [2.75, 3.05) is 40.5 Å². The van der Waals surface area contributed by atoms with Crippen LogP contribution in [0.2, 0.25) is 0 Å². The van der Waals surface area contributed by atoms with Crippen molar-refractivity contribution < 1.29 is 9.47 Å². The van der Waals surface area contributed by atoms with Gasteiger partial charge in [-0.25, -0.2) is 0 Å². The molecule has 114 valence electrons. The highest BCUT2D eigenvalue weighted by atomic mass is 16.5. The van der Waals surface area contributed by atoms with Gasteiger partial charge in [-0.1, -0.05) is 12.1 Å². The maximum absolute atomic E-state index is 5.80. The van der Waals surface area contributed by atoms with Crippen molar-refractivity contribution in [2.24, 2.45) is 0 Å². The highest BCUT2D eigenvalue weighted by molar-refractivity contribution is 5.27. The molecule has 4 heteroatoms. The average molecular weight is 280 g/mol. The van der Waals surface area contributed by atoms with Crippen LogP contribution in [0, 0.1) is 0 Å². The smallest absolute Gasteiger partial charge is 0.119 e. The molecule has 0 aliphatic heterocycles. The van der Waals surface area contributed by atoms with Crippen molar-refractivity contribution in [3.63, 3.8) is 0 Å². The number of hydrogen-bond donors (Lipinski definition) is 1. The lowest BCUT2D eigenvalue weighted by Crippen LogP contribution is -2.37. The Morgan fingerprint density at radius 2 is 1.75 bits per heavy atom. The van der Waals surface area contributed by atoms with Gasteiger partial charge < -0.3 is 14.8 Å². The molecule has 0 aliphatic rings.